The van der Waals surface area contributed by atoms with Crippen molar-refractivity contribution in [3.8, 4) is 0 Å². The molecular weight excluding hydrogens is 1150 g/mol. The lowest BCUT2D eigenvalue weighted by Gasteiger charge is -2.31. The minimum absolute atomic E-state index is 0.0525. The first kappa shape index (κ1) is 69.0. The molecule has 6 N–H and O–H groups in total. The number of aliphatic hydroxyl groups is 3. The van der Waals surface area contributed by atoms with Gasteiger partial charge in [0.1, 0.15) is 29.8 Å². The molecule has 0 spiro atoms. The smallest absolute Gasteiger partial charge is 0.399 e. The molecule has 0 aliphatic heterocycles. The van der Waals surface area contributed by atoms with Crippen molar-refractivity contribution in [1.82, 2.24) is 0 Å². The second-order valence-electron chi connectivity index (χ2n) is 16.6. The number of benzene rings is 5. The molecule has 0 amide bonds. The fourth-order valence-electron chi connectivity index (χ4n) is 5.54. The number of halogens is 15. The molecule has 0 saturated heterocycles. The molecule has 0 heterocycles. The maximum absolute atomic E-state index is 13.4. The molecule has 28 heteroatoms. The average molecular weight is 1200 g/mol. The molecule has 5 unspecified atom stereocenters. The Bertz CT molecular complexity index is 2840. The van der Waals surface area contributed by atoms with Gasteiger partial charge in [-0.15, -0.1) is 0 Å². The van der Waals surface area contributed by atoms with E-state index >= 15 is 0 Å². The van der Waals surface area contributed by atoms with E-state index in [1.54, 1.807) is 19.1 Å². The number of Topliss-reactive ketones (excluding diaryl/α,β-unsaturated/α-hetero) is 1. The van der Waals surface area contributed by atoms with Gasteiger partial charge in [0.15, 0.2) is 22.6 Å². The molecule has 0 radical (unpaired) electrons. The fraction of sp³-hybridized carbons (Fsp3) is 0.354. The third-order valence-corrected chi connectivity index (χ3v) is 14.5. The highest BCUT2D eigenvalue weighted by Gasteiger charge is 2.53. The van der Waals surface area contributed by atoms with E-state index in [0.717, 1.165) is 40.7 Å². The quantitative estimate of drug-likeness (QED) is 0.0431. The summed E-state index contributed by atoms with van der Waals surface area (Å²) in [6.07, 6.45) is -14.4. The van der Waals surface area contributed by atoms with Crippen molar-refractivity contribution >= 4 is 75.8 Å². The van der Waals surface area contributed by atoms with E-state index in [4.69, 9.17) is 39.6 Å². The Morgan fingerprint density at radius 2 is 0.921 bits per heavy atom. The number of rotatable bonds is 13. The lowest BCUT2D eigenvalue weighted by molar-refractivity contribution is -0.259. The molecule has 11 nitrogen and oxygen atoms in total. The predicted molar refractivity (Wildman–Crippen MR) is 267 cm³/mol. The van der Waals surface area contributed by atoms with Crippen LogP contribution in [-0.2, 0) is 40.7 Å². The number of ketones is 1. The van der Waals surface area contributed by atoms with Crippen molar-refractivity contribution in [3.05, 3.63) is 148 Å². The van der Waals surface area contributed by atoms with Gasteiger partial charge in [0.2, 0.25) is 0 Å². The van der Waals surface area contributed by atoms with Gasteiger partial charge < -0.3 is 26.4 Å². The van der Waals surface area contributed by atoms with Crippen LogP contribution in [0.1, 0.15) is 58.2 Å². The summed E-state index contributed by atoms with van der Waals surface area (Å²) in [7, 11) is -2.94. The number of nitrogen functional groups attached to an aromatic ring is 1. The molecule has 0 aliphatic carbocycles. The zero-order chi connectivity index (χ0) is 59.1. The Morgan fingerprint density at radius 3 is 1.21 bits per heavy atom. The Morgan fingerprint density at radius 1 is 0.592 bits per heavy atom. The number of anilines is 3. The Labute approximate surface area is 445 Å². The van der Waals surface area contributed by atoms with E-state index in [9.17, 15) is 89.6 Å². The van der Waals surface area contributed by atoms with Gasteiger partial charge in [-0.25, -0.2) is 30.0 Å². The van der Waals surface area contributed by atoms with Gasteiger partial charge in [0.25, 0.3) is 19.1 Å². The largest absolute Gasteiger partial charge is 0.421 e. The van der Waals surface area contributed by atoms with Crippen LogP contribution in [0.4, 0.5) is 69.7 Å². The van der Waals surface area contributed by atoms with Crippen LogP contribution in [0.25, 0.3) is 0 Å². The second-order valence-corrected chi connectivity index (χ2v) is 21.7. The number of hydrogen-bond acceptors (Lipinski definition) is 10. The second kappa shape index (κ2) is 28.0. The molecule has 424 valence electrons. The lowest BCUT2D eigenvalue weighted by atomic mass is 9.95. The van der Waals surface area contributed by atoms with Crippen LogP contribution in [0.2, 0.25) is 10.0 Å². The SMILES string of the molecule is CC(=O)CF.CC(CF)N(c1ccc(C(C)(O)C(F)(F)F)cc1)S(=O)(=O)c1ccccc1Cl.CC(CF)Nc1ccc(C(C)(O)C(F)(F)F)cc1.CC(O)(c1ccc(N)cc1)C(F)(F)F.O=S(=O)(Cl)c1ccccc1Cl. The Kier molecular flexibility index (Phi) is 25.5. The summed E-state index contributed by atoms with van der Waals surface area (Å²) in [6.45, 7) is 3.67. The maximum atomic E-state index is 13.4. The summed E-state index contributed by atoms with van der Waals surface area (Å²) in [5, 5.41) is 31.3. The van der Waals surface area contributed by atoms with E-state index in [1.165, 1.54) is 86.6 Å². The number of nitrogens with one attached hydrogen (secondary N) is 1. The predicted octanol–water partition coefficient (Wildman–Crippen LogP) is 12.7. The highest BCUT2D eigenvalue weighted by atomic mass is 35.7. The van der Waals surface area contributed by atoms with E-state index < -0.39 is 97.9 Å². The maximum Gasteiger partial charge on any atom is 0.421 e. The minimum Gasteiger partial charge on any atom is -0.399 e. The van der Waals surface area contributed by atoms with Crippen LogP contribution < -0.4 is 15.4 Å². The standard InChI is InChI=1S/C18H18ClF4NO3S.C12H15F4NO.C9H10F3NO.C6H4Cl2O2S.C3H5FO/c1-12(11-20)24(28(26,27)16-6-4-3-5-15(16)19)14-9-7-13(8-10-14)17(2,25)18(21,22)23;1-8(7-13)17-10-5-3-9(4-6-10)11(2,18)12(14,15)16;1-8(14,9(10,11)12)6-2-4-7(13)5-3-6;7-5-3-1-2-4-6(5)11(8,9)10;1-3(5)2-4/h3-10,12,25H,11H2,1-2H3;3-6,8,17-18H,7H2,1-2H3;2-5,14H,13H2,1H3;1-4H;2H2,1H3. The molecular formula is C48H52Cl3F12N3O8S2. The molecule has 0 bridgehead atoms. The highest BCUT2D eigenvalue weighted by Crippen LogP contribution is 2.41. The Hall–Kier alpha value is -5.02. The molecule has 5 rings (SSSR count). The van der Waals surface area contributed by atoms with Crippen LogP contribution in [-0.4, -0.2) is 88.6 Å². The molecule has 76 heavy (non-hydrogen) atoms. The third-order valence-electron chi connectivity index (χ3n) is 10.2. The van der Waals surface area contributed by atoms with Crippen molar-refractivity contribution in [3.63, 3.8) is 0 Å². The molecule has 0 aromatic heterocycles. The van der Waals surface area contributed by atoms with Gasteiger partial charge in [-0.3, -0.25) is 9.10 Å². The zero-order valence-corrected chi connectivity index (χ0v) is 44.6. The summed E-state index contributed by atoms with van der Waals surface area (Å²) in [5.74, 6) is -0.412. The number of hydrogen-bond donors (Lipinski definition) is 5. The van der Waals surface area contributed by atoms with Crippen molar-refractivity contribution in [2.24, 2.45) is 0 Å². The first-order valence-corrected chi connectivity index (χ1v) is 25.9. The van der Waals surface area contributed by atoms with Crippen LogP contribution in [0, 0.1) is 0 Å². The Balaban J connectivity index is 0.000000519. The van der Waals surface area contributed by atoms with Crippen molar-refractivity contribution < 1.29 is 89.6 Å². The number of nitrogens with two attached hydrogens (primary N) is 1. The van der Waals surface area contributed by atoms with Gasteiger partial charge in [0.05, 0.1) is 27.8 Å². The van der Waals surface area contributed by atoms with Gasteiger partial charge >= 0.3 is 18.5 Å². The van der Waals surface area contributed by atoms with E-state index in [1.807, 2.05) is 0 Å². The number of carbonyl (C=O) groups excluding carboxylic acids is 1. The zero-order valence-electron chi connectivity index (χ0n) is 40.7. The van der Waals surface area contributed by atoms with E-state index in [0.29, 0.717) is 32.1 Å². The van der Waals surface area contributed by atoms with Crippen LogP contribution in [0.15, 0.2) is 131 Å². The topological polar surface area (TPSA) is 187 Å². The molecule has 5 aromatic carbocycles. The fourth-order valence-corrected chi connectivity index (χ4v) is 9.18. The van der Waals surface area contributed by atoms with Gasteiger partial charge in [-0.1, -0.05) is 83.9 Å². The van der Waals surface area contributed by atoms with Crippen LogP contribution in [0.3, 0.4) is 0 Å². The highest BCUT2D eigenvalue weighted by molar-refractivity contribution is 8.13. The normalized spacial score (nSPS) is 15.0. The minimum atomic E-state index is -4.93. The third kappa shape index (κ3) is 19.5. The van der Waals surface area contributed by atoms with E-state index in [-0.39, 0.29) is 36.7 Å². The summed E-state index contributed by atoms with van der Waals surface area (Å²) < 4.78 is 198. The summed E-state index contributed by atoms with van der Waals surface area (Å²) in [6, 6.07) is 24.1. The first-order chi connectivity index (χ1) is 34.6. The number of sulfonamides is 1. The number of alkyl halides is 12. The molecule has 0 saturated carbocycles. The molecule has 0 aliphatic rings. The van der Waals surface area contributed by atoms with E-state index in [2.05, 4.69) is 5.32 Å². The van der Waals surface area contributed by atoms with Gasteiger partial charge in [-0.2, -0.15) is 39.5 Å². The van der Waals surface area contributed by atoms with Gasteiger partial charge in [0, 0.05) is 22.1 Å². The van der Waals surface area contributed by atoms with Gasteiger partial charge in [-0.05, 0) is 119 Å². The monoisotopic (exact) mass is 1200 g/mol. The van der Waals surface area contributed by atoms with Crippen molar-refractivity contribution in [2.75, 3.05) is 35.4 Å². The van der Waals surface area contributed by atoms with Crippen LogP contribution >= 0.6 is 33.9 Å². The van der Waals surface area contributed by atoms with Crippen molar-refractivity contribution in [1.29, 1.82) is 0 Å². The first-order valence-electron chi connectivity index (χ1n) is 21.4. The van der Waals surface area contributed by atoms with Crippen LogP contribution in [0.5, 0.6) is 0 Å². The molecule has 5 atom stereocenters. The molecule has 0 fully saturated rings. The summed E-state index contributed by atoms with van der Waals surface area (Å²) in [4.78, 5) is 9.12. The summed E-state index contributed by atoms with van der Waals surface area (Å²) in [5.41, 5.74) is -3.70. The molecule has 5 aromatic rings. The number of carbonyl (C=O) groups is 1. The number of nitrogens with zero attached hydrogens (tertiary/aromatic N) is 1. The summed E-state index contributed by atoms with van der Waals surface area (Å²) >= 11 is 11.5. The lowest BCUT2D eigenvalue weighted by Crippen LogP contribution is -2.41. The van der Waals surface area contributed by atoms with Crippen molar-refractivity contribution in [2.45, 2.75) is 98.7 Å². The average Bonchev–Trinajstić information content (AvgIpc) is 3.31.